The summed E-state index contributed by atoms with van der Waals surface area (Å²) in [4.78, 5) is 13.7. The largest absolute Gasteiger partial charge is 0.339 e. The molecule has 1 saturated heterocycles. The number of amides is 1. The molecule has 1 N–H and O–H groups in total. The first-order chi connectivity index (χ1) is 7.63. The van der Waals surface area contributed by atoms with Gasteiger partial charge in [-0.1, -0.05) is 19.9 Å². The average Bonchev–Trinajstić information content (AvgIpc) is 2.27. The van der Waals surface area contributed by atoms with Gasteiger partial charge in [0.15, 0.2) is 0 Å². The van der Waals surface area contributed by atoms with Gasteiger partial charge in [-0.2, -0.15) is 0 Å². The summed E-state index contributed by atoms with van der Waals surface area (Å²) in [6, 6.07) is 0.529. The third kappa shape index (κ3) is 4.35. The highest BCUT2D eigenvalue weighted by atomic mass is 16.2. The van der Waals surface area contributed by atoms with Crippen LogP contribution in [0.15, 0.2) is 12.2 Å². The quantitative estimate of drug-likeness (QED) is 0.739. The van der Waals surface area contributed by atoms with Gasteiger partial charge in [-0.3, -0.25) is 4.79 Å². The molecule has 16 heavy (non-hydrogen) atoms. The van der Waals surface area contributed by atoms with Gasteiger partial charge in [0.2, 0.25) is 5.91 Å². The monoisotopic (exact) mass is 224 g/mol. The summed E-state index contributed by atoms with van der Waals surface area (Å²) in [6.45, 7) is 9.05. The number of rotatable bonds is 4. The van der Waals surface area contributed by atoms with Crippen molar-refractivity contribution in [3.05, 3.63) is 12.2 Å². The molecule has 1 unspecified atom stereocenters. The van der Waals surface area contributed by atoms with Crippen molar-refractivity contribution in [2.75, 3.05) is 19.6 Å². The van der Waals surface area contributed by atoms with Crippen LogP contribution in [0.3, 0.4) is 0 Å². The highest BCUT2D eigenvalue weighted by Gasteiger charge is 2.21. The summed E-state index contributed by atoms with van der Waals surface area (Å²) in [7, 11) is 0. The van der Waals surface area contributed by atoms with Crippen molar-refractivity contribution < 1.29 is 4.79 Å². The van der Waals surface area contributed by atoms with Gasteiger partial charge < -0.3 is 10.2 Å². The van der Waals surface area contributed by atoms with Crippen LogP contribution >= 0.6 is 0 Å². The molecule has 92 valence electrons. The SMILES string of the molecule is C/C=C/C(=O)N1CCCC(CNC(C)C)C1. The minimum absolute atomic E-state index is 0.164. The summed E-state index contributed by atoms with van der Waals surface area (Å²) in [5.41, 5.74) is 0. The van der Waals surface area contributed by atoms with E-state index in [0.717, 1.165) is 26.1 Å². The summed E-state index contributed by atoms with van der Waals surface area (Å²) >= 11 is 0. The van der Waals surface area contributed by atoms with E-state index < -0.39 is 0 Å². The molecule has 0 aromatic carbocycles. The van der Waals surface area contributed by atoms with E-state index in [-0.39, 0.29) is 5.91 Å². The van der Waals surface area contributed by atoms with E-state index in [9.17, 15) is 4.79 Å². The molecule has 1 amide bonds. The van der Waals surface area contributed by atoms with Crippen LogP contribution in [0.2, 0.25) is 0 Å². The van der Waals surface area contributed by atoms with Gasteiger partial charge in [0.25, 0.3) is 0 Å². The number of allylic oxidation sites excluding steroid dienone is 1. The number of hydrogen-bond acceptors (Lipinski definition) is 2. The normalized spacial score (nSPS) is 22.0. The number of piperidine rings is 1. The van der Waals surface area contributed by atoms with Crippen LogP contribution in [-0.2, 0) is 4.79 Å². The fraction of sp³-hybridized carbons (Fsp3) is 0.769. The van der Waals surface area contributed by atoms with Gasteiger partial charge in [-0.05, 0) is 38.3 Å². The second-order valence-electron chi connectivity index (χ2n) is 4.86. The van der Waals surface area contributed by atoms with Gasteiger partial charge in [-0.25, -0.2) is 0 Å². The standard InChI is InChI=1S/C13H24N2O/c1-4-6-13(16)15-8-5-7-12(10-15)9-14-11(2)3/h4,6,11-12,14H,5,7-10H2,1-3H3/b6-4+. The Morgan fingerprint density at radius 2 is 2.31 bits per heavy atom. The fourth-order valence-corrected chi connectivity index (χ4v) is 2.08. The fourth-order valence-electron chi connectivity index (χ4n) is 2.08. The zero-order chi connectivity index (χ0) is 12.0. The first-order valence-corrected chi connectivity index (χ1v) is 6.28. The van der Waals surface area contributed by atoms with Crippen LogP contribution in [0, 0.1) is 5.92 Å². The van der Waals surface area contributed by atoms with E-state index in [4.69, 9.17) is 0 Å². The molecule has 3 nitrogen and oxygen atoms in total. The van der Waals surface area contributed by atoms with Crippen molar-refractivity contribution in [1.82, 2.24) is 10.2 Å². The van der Waals surface area contributed by atoms with Gasteiger partial charge >= 0.3 is 0 Å². The maximum Gasteiger partial charge on any atom is 0.246 e. The second-order valence-corrected chi connectivity index (χ2v) is 4.86. The van der Waals surface area contributed by atoms with E-state index in [2.05, 4.69) is 19.2 Å². The second kappa shape index (κ2) is 6.69. The van der Waals surface area contributed by atoms with Crippen molar-refractivity contribution in [3.63, 3.8) is 0 Å². The summed E-state index contributed by atoms with van der Waals surface area (Å²) < 4.78 is 0. The van der Waals surface area contributed by atoms with E-state index in [1.807, 2.05) is 17.9 Å². The summed E-state index contributed by atoms with van der Waals surface area (Å²) in [5.74, 6) is 0.780. The molecule has 0 saturated carbocycles. The molecular formula is C13H24N2O. The van der Waals surface area contributed by atoms with Crippen molar-refractivity contribution in [1.29, 1.82) is 0 Å². The molecular weight excluding hydrogens is 200 g/mol. The number of nitrogens with one attached hydrogen (secondary N) is 1. The number of carbonyl (C=O) groups is 1. The Bertz CT molecular complexity index is 248. The Morgan fingerprint density at radius 1 is 1.56 bits per heavy atom. The van der Waals surface area contributed by atoms with Crippen molar-refractivity contribution >= 4 is 5.91 Å². The molecule has 1 fully saturated rings. The lowest BCUT2D eigenvalue weighted by molar-refractivity contribution is -0.127. The van der Waals surface area contributed by atoms with Gasteiger partial charge in [0, 0.05) is 19.1 Å². The number of hydrogen-bond donors (Lipinski definition) is 1. The van der Waals surface area contributed by atoms with Crippen LogP contribution in [0.5, 0.6) is 0 Å². The predicted octanol–water partition coefficient (Wildman–Crippen LogP) is 1.80. The number of carbonyl (C=O) groups excluding carboxylic acids is 1. The van der Waals surface area contributed by atoms with E-state index >= 15 is 0 Å². The van der Waals surface area contributed by atoms with E-state index in [1.54, 1.807) is 6.08 Å². The topological polar surface area (TPSA) is 32.3 Å². The van der Waals surface area contributed by atoms with Crippen molar-refractivity contribution in [2.24, 2.45) is 5.92 Å². The highest BCUT2D eigenvalue weighted by Crippen LogP contribution is 2.16. The molecule has 0 bridgehead atoms. The predicted molar refractivity (Wildman–Crippen MR) is 67.3 cm³/mol. The number of likely N-dealkylation sites (tertiary alicyclic amines) is 1. The molecule has 1 heterocycles. The molecule has 0 spiro atoms. The average molecular weight is 224 g/mol. The highest BCUT2D eigenvalue weighted by molar-refractivity contribution is 5.87. The lowest BCUT2D eigenvalue weighted by Crippen LogP contribution is -2.43. The molecule has 0 aliphatic carbocycles. The van der Waals surface area contributed by atoms with Gasteiger partial charge in [0.05, 0.1) is 0 Å². The molecule has 0 radical (unpaired) electrons. The Labute approximate surface area is 98.9 Å². The lowest BCUT2D eigenvalue weighted by Gasteiger charge is -2.32. The zero-order valence-electron chi connectivity index (χ0n) is 10.7. The first kappa shape index (κ1) is 13.2. The first-order valence-electron chi connectivity index (χ1n) is 6.28. The summed E-state index contributed by atoms with van der Waals surface area (Å²) in [5, 5.41) is 3.45. The van der Waals surface area contributed by atoms with Crippen molar-refractivity contribution in [2.45, 2.75) is 39.7 Å². The molecule has 3 heteroatoms. The minimum atomic E-state index is 0.164. The smallest absolute Gasteiger partial charge is 0.246 e. The number of nitrogens with zero attached hydrogens (tertiary/aromatic N) is 1. The molecule has 0 aromatic heterocycles. The van der Waals surface area contributed by atoms with Crippen LogP contribution in [0.4, 0.5) is 0 Å². The van der Waals surface area contributed by atoms with Gasteiger partial charge in [-0.15, -0.1) is 0 Å². The lowest BCUT2D eigenvalue weighted by atomic mass is 9.97. The van der Waals surface area contributed by atoms with Crippen LogP contribution in [0.25, 0.3) is 0 Å². The van der Waals surface area contributed by atoms with Crippen LogP contribution < -0.4 is 5.32 Å². The van der Waals surface area contributed by atoms with Crippen LogP contribution in [0.1, 0.15) is 33.6 Å². The van der Waals surface area contributed by atoms with E-state index in [1.165, 1.54) is 6.42 Å². The maximum absolute atomic E-state index is 11.7. The summed E-state index contributed by atoms with van der Waals surface area (Å²) in [6.07, 6.45) is 5.85. The molecule has 1 aliphatic rings. The Morgan fingerprint density at radius 3 is 2.94 bits per heavy atom. The molecule has 1 aliphatic heterocycles. The molecule has 1 rings (SSSR count). The van der Waals surface area contributed by atoms with Crippen LogP contribution in [-0.4, -0.2) is 36.5 Å². The van der Waals surface area contributed by atoms with Gasteiger partial charge in [0.1, 0.15) is 0 Å². The molecule has 0 aromatic rings. The Balaban J connectivity index is 2.38. The third-order valence-corrected chi connectivity index (χ3v) is 2.95. The Hall–Kier alpha value is -0.830. The molecule has 1 atom stereocenters. The third-order valence-electron chi connectivity index (χ3n) is 2.95. The zero-order valence-corrected chi connectivity index (χ0v) is 10.7. The van der Waals surface area contributed by atoms with E-state index in [0.29, 0.717) is 12.0 Å². The minimum Gasteiger partial charge on any atom is -0.339 e. The van der Waals surface area contributed by atoms with Crippen molar-refractivity contribution in [3.8, 4) is 0 Å². The Kier molecular flexibility index (Phi) is 5.53. The maximum atomic E-state index is 11.7.